The standard InChI is InChI=1S/C26H36FN3O4S/c1-5-16-28-26(32)24(6-2)29(19-21-10-7-9-20(3)18-21)25(31)11-8-17-30(35(4,33)34)23-14-12-22(27)13-15-23/h7,9-10,12-15,18,24H,5-6,8,11,16-17,19H2,1-4H3,(H,28,32)/t24-/m1/s1. The van der Waals surface area contributed by atoms with Gasteiger partial charge in [-0.1, -0.05) is 43.7 Å². The highest BCUT2D eigenvalue weighted by Gasteiger charge is 2.28. The largest absolute Gasteiger partial charge is 0.354 e. The monoisotopic (exact) mass is 505 g/mol. The Morgan fingerprint density at radius 1 is 1.09 bits per heavy atom. The molecule has 0 heterocycles. The summed E-state index contributed by atoms with van der Waals surface area (Å²) in [5.74, 6) is -0.881. The molecule has 0 aliphatic heterocycles. The summed E-state index contributed by atoms with van der Waals surface area (Å²) in [6.07, 6.45) is 2.64. The van der Waals surface area contributed by atoms with Crippen molar-refractivity contribution in [2.75, 3.05) is 23.7 Å². The Bertz CT molecular complexity index is 1090. The lowest BCUT2D eigenvalue weighted by Gasteiger charge is -2.31. The molecular formula is C26H36FN3O4S. The third kappa shape index (κ3) is 8.65. The van der Waals surface area contributed by atoms with E-state index in [2.05, 4.69) is 5.32 Å². The van der Waals surface area contributed by atoms with E-state index in [9.17, 15) is 22.4 Å². The van der Waals surface area contributed by atoms with Gasteiger partial charge in [-0.2, -0.15) is 0 Å². The number of carbonyl (C=O) groups is 2. The molecule has 192 valence electrons. The third-order valence-electron chi connectivity index (χ3n) is 5.64. The maximum Gasteiger partial charge on any atom is 0.242 e. The minimum Gasteiger partial charge on any atom is -0.354 e. The van der Waals surface area contributed by atoms with Crippen LogP contribution in [0.25, 0.3) is 0 Å². The van der Waals surface area contributed by atoms with Crippen LogP contribution in [0.4, 0.5) is 10.1 Å². The van der Waals surface area contributed by atoms with Gasteiger partial charge < -0.3 is 10.2 Å². The molecule has 0 radical (unpaired) electrons. The predicted molar refractivity (Wildman–Crippen MR) is 137 cm³/mol. The van der Waals surface area contributed by atoms with E-state index < -0.39 is 21.9 Å². The van der Waals surface area contributed by atoms with E-state index in [1.165, 1.54) is 24.3 Å². The van der Waals surface area contributed by atoms with Gasteiger partial charge in [0, 0.05) is 26.1 Å². The van der Waals surface area contributed by atoms with E-state index in [1.807, 2.05) is 45.0 Å². The van der Waals surface area contributed by atoms with Crippen molar-refractivity contribution in [1.82, 2.24) is 10.2 Å². The smallest absolute Gasteiger partial charge is 0.242 e. The van der Waals surface area contributed by atoms with Gasteiger partial charge in [-0.15, -0.1) is 0 Å². The highest BCUT2D eigenvalue weighted by atomic mass is 32.2. The second-order valence-corrected chi connectivity index (χ2v) is 10.5. The van der Waals surface area contributed by atoms with Gasteiger partial charge in [0.15, 0.2) is 0 Å². The van der Waals surface area contributed by atoms with Crippen molar-refractivity contribution in [1.29, 1.82) is 0 Å². The summed E-state index contributed by atoms with van der Waals surface area (Å²) < 4.78 is 39.1. The fourth-order valence-electron chi connectivity index (χ4n) is 3.90. The summed E-state index contributed by atoms with van der Waals surface area (Å²) in [5, 5.41) is 2.89. The lowest BCUT2D eigenvalue weighted by Crippen LogP contribution is -2.49. The SMILES string of the molecule is CCCNC(=O)[C@@H](CC)N(Cc1cccc(C)c1)C(=O)CCCN(c1ccc(F)cc1)S(C)(=O)=O. The van der Waals surface area contributed by atoms with E-state index >= 15 is 0 Å². The summed E-state index contributed by atoms with van der Waals surface area (Å²) in [5.41, 5.74) is 2.31. The van der Waals surface area contributed by atoms with E-state index in [0.29, 0.717) is 18.7 Å². The zero-order valence-electron chi connectivity index (χ0n) is 21.0. The van der Waals surface area contributed by atoms with Crippen LogP contribution in [0.5, 0.6) is 0 Å². The summed E-state index contributed by atoms with van der Waals surface area (Å²) in [6.45, 7) is 6.68. The summed E-state index contributed by atoms with van der Waals surface area (Å²) in [7, 11) is -3.63. The molecular weight excluding hydrogens is 469 g/mol. The first kappa shape index (κ1) is 28.3. The number of aryl methyl sites for hydroxylation is 1. The van der Waals surface area contributed by atoms with E-state index in [1.54, 1.807) is 4.90 Å². The fourth-order valence-corrected chi connectivity index (χ4v) is 4.87. The number of carbonyl (C=O) groups excluding carboxylic acids is 2. The van der Waals surface area contributed by atoms with Gasteiger partial charge in [0.05, 0.1) is 11.9 Å². The first-order valence-corrected chi connectivity index (χ1v) is 13.8. The van der Waals surface area contributed by atoms with Crippen molar-refractivity contribution in [3.05, 3.63) is 65.5 Å². The molecule has 1 atom stereocenters. The molecule has 1 N–H and O–H groups in total. The van der Waals surface area contributed by atoms with Crippen molar-refractivity contribution < 1.29 is 22.4 Å². The number of amides is 2. The average Bonchev–Trinajstić information content (AvgIpc) is 2.80. The Balaban J connectivity index is 2.19. The number of nitrogens with one attached hydrogen (secondary N) is 1. The number of hydrogen-bond donors (Lipinski definition) is 1. The highest BCUT2D eigenvalue weighted by molar-refractivity contribution is 7.92. The number of benzene rings is 2. The number of halogens is 1. The lowest BCUT2D eigenvalue weighted by molar-refractivity contribution is -0.141. The van der Waals surface area contributed by atoms with Crippen LogP contribution in [0.1, 0.15) is 50.7 Å². The second-order valence-electron chi connectivity index (χ2n) is 8.64. The van der Waals surface area contributed by atoms with Gasteiger partial charge in [-0.25, -0.2) is 12.8 Å². The van der Waals surface area contributed by atoms with Crippen LogP contribution in [0.15, 0.2) is 48.5 Å². The van der Waals surface area contributed by atoms with Gasteiger partial charge in [0.25, 0.3) is 0 Å². The quantitative estimate of drug-likeness (QED) is 0.446. The van der Waals surface area contributed by atoms with E-state index in [4.69, 9.17) is 0 Å². The lowest BCUT2D eigenvalue weighted by atomic mass is 10.1. The fraction of sp³-hybridized carbons (Fsp3) is 0.462. The van der Waals surface area contributed by atoms with Crippen LogP contribution in [0.3, 0.4) is 0 Å². The molecule has 0 spiro atoms. The number of rotatable bonds is 13. The Hall–Kier alpha value is -2.94. The molecule has 0 aliphatic carbocycles. The third-order valence-corrected chi connectivity index (χ3v) is 6.83. The number of nitrogens with zero attached hydrogens (tertiary/aromatic N) is 2. The molecule has 2 rings (SSSR count). The zero-order chi connectivity index (χ0) is 26.0. The molecule has 9 heteroatoms. The van der Waals surface area contributed by atoms with Crippen molar-refractivity contribution in [3.8, 4) is 0 Å². The first-order chi connectivity index (χ1) is 16.6. The van der Waals surface area contributed by atoms with Crippen LogP contribution in [0, 0.1) is 12.7 Å². The van der Waals surface area contributed by atoms with Crippen molar-refractivity contribution in [2.24, 2.45) is 0 Å². The molecule has 7 nitrogen and oxygen atoms in total. The molecule has 0 unspecified atom stereocenters. The molecule has 2 aromatic carbocycles. The van der Waals surface area contributed by atoms with Crippen LogP contribution in [-0.2, 0) is 26.2 Å². The molecule has 0 aliphatic rings. The first-order valence-electron chi connectivity index (χ1n) is 11.9. The number of hydrogen-bond acceptors (Lipinski definition) is 4. The van der Waals surface area contributed by atoms with Crippen LogP contribution in [-0.4, -0.2) is 50.5 Å². The van der Waals surface area contributed by atoms with Crippen molar-refractivity contribution in [3.63, 3.8) is 0 Å². The second kappa shape index (κ2) is 13.2. The molecule has 2 aromatic rings. The van der Waals surface area contributed by atoms with Crippen LogP contribution < -0.4 is 9.62 Å². The van der Waals surface area contributed by atoms with Gasteiger partial charge in [-0.05, 0) is 56.0 Å². The molecule has 0 fully saturated rings. The molecule has 35 heavy (non-hydrogen) atoms. The van der Waals surface area contributed by atoms with Crippen LogP contribution in [0.2, 0.25) is 0 Å². The van der Waals surface area contributed by atoms with Gasteiger partial charge >= 0.3 is 0 Å². The topological polar surface area (TPSA) is 86.8 Å². The number of anilines is 1. The maximum atomic E-state index is 13.4. The molecule has 0 aromatic heterocycles. The predicted octanol–water partition coefficient (Wildman–Crippen LogP) is 4.01. The minimum atomic E-state index is -3.63. The van der Waals surface area contributed by atoms with E-state index in [0.717, 1.165) is 28.1 Å². The Morgan fingerprint density at radius 2 is 1.77 bits per heavy atom. The summed E-state index contributed by atoms with van der Waals surface area (Å²) in [4.78, 5) is 27.8. The van der Waals surface area contributed by atoms with Gasteiger partial charge in [-0.3, -0.25) is 13.9 Å². The average molecular weight is 506 g/mol. The Labute approximate surface area is 208 Å². The highest BCUT2D eigenvalue weighted by Crippen LogP contribution is 2.20. The Kier molecular flexibility index (Phi) is 10.7. The Morgan fingerprint density at radius 3 is 2.34 bits per heavy atom. The van der Waals surface area contributed by atoms with Crippen LogP contribution >= 0.6 is 0 Å². The normalized spacial score (nSPS) is 12.1. The van der Waals surface area contributed by atoms with Crippen molar-refractivity contribution >= 4 is 27.5 Å². The molecule has 0 saturated heterocycles. The molecule has 0 bridgehead atoms. The summed E-state index contributed by atoms with van der Waals surface area (Å²) >= 11 is 0. The van der Waals surface area contributed by atoms with Crippen molar-refractivity contribution in [2.45, 2.75) is 59.0 Å². The molecule has 0 saturated carbocycles. The van der Waals surface area contributed by atoms with E-state index in [-0.39, 0.29) is 37.7 Å². The summed E-state index contributed by atoms with van der Waals surface area (Å²) in [6, 6.07) is 12.3. The minimum absolute atomic E-state index is 0.0628. The maximum absolute atomic E-state index is 13.4. The molecule has 2 amide bonds. The number of sulfonamides is 1. The van der Waals surface area contributed by atoms with Gasteiger partial charge in [0.2, 0.25) is 21.8 Å². The zero-order valence-corrected chi connectivity index (χ0v) is 21.8. The van der Waals surface area contributed by atoms with Gasteiger partial charge in [0.1, 0.15) is 11.9 Å².